The molecule has 2 N–H and O–H groups in total. The molecule has 0 bridgehead atoms. The standard InChI is InChI=1S/C18H17Cl2N3O/c1-11(24)21-9-13-10-22-18(14-4-2-3-5-16(14)20)15-8-12(19)6-7-17(15)23-13/h2-8,13,23H,9-10H2,1H3,(H,21,24). The number of anilines is 1. The minimum atomic E-state index is -0.0623. The van der Waals surface area contributed by atoms with Crippen molar-refractivity contribution >= 4 is 40.5 Å². The van der Waals surface area contributed by atoms with E-state index < -0.39 is 0 Å². The lowest BCUT2D eigenvalue weighted by molar-refractivity contribution is -0.118. The maximum Gasteiger partial charge on any atom is 0.216 e. The number of benzene rings is 2. The number of rotatable bonds is 3. The molecule has 1 aliphatic rings. The number of carbonyl (C=O) groups excluding carboxylic acids is 1. The summed E-state index contributed by atoms with van der Waals surface area (Å²) in [6.07, 6.45) is 0. The van der Waals surface area contributed by atoms with Crippen LogP contribution in [0.2, 0.25) is 10.0 Å². The van der Waals surface area contributed by atoms with Crippen LogP contribution in [0.25, 0.3) is 0 Å². The van der Waals surface area contributed by atoms with Crippen molar-refractivity contribution in [1.29, 1.82) is 0 Å². The van der Waals surface area contributed by atoms with Gasteiger partial charge in [-0.05, 0) is 24.3 Å². The zero-order chi connectivity index (χ0) is 17.1. The molecule has 0 radical (unpaired) electrons. The minimum Gasteiger partial charge on any atom is -0.378 e. The molecule has 0 fully saturated rings. The summed E-state index contributed by atoms with van der Waals surface area (Å²) in [5.41, 5.74) is 3.49. The van der Waals surface area contributed by atoms with Crippen LogP contribution >= 0.6 is 23.2 Å². The number of nitrogens with zero attached hydrogens (tertiary/aromatic N) is 1. The molecule has 0 saturated carbocycles. The van der Waals surface area contributed by atoms with E-state index in [0.29, 0.717) is 23.1 Å². The van der Waals surface area contributed by atoms with Crippen molar-refractivity contribution in [2.75, 3.05) is 18.4 Å². The first-order valence-electron chi connectivity index (χ1n) is 7.65. The molecule has 2 aromatic carbocycles. The maximum absolute atomic E-state index is 11.2. The number of hydrogen-bond donors (Lipinski definition) is 2. The van der Waals surface area contributed by atoms with Gasteiger partial charge in [0.25, 0.3) is 0 Å². The second-order valence-electron chi connectivity index (χ2n) is 5.64. The van der Waals surface area contributed by atoms with Crippen LogP contribution in [0.4, 0.5) is 5.69 Å². The third kappa shape index (κ3) is 3.71. The Hall–Kier alpha value is -2.04. The van der Waals surface area contributed by atoms with Gasteiger partial charge in [0.2, 0.25) is 5.91 Å². The third-order valence-corrected chi connectivity index (χ3v) is 4.36. The Kier molecular flexibility index (Phi) is 5.07. The molecule has 1 atom stereocenters. The molecular weight excluding hydrogens is 345 g/mol. The number of fused-ring (bicyclic) bond motifs is 1. The Morgan fingerprint density at radius 2 is 2.04 bits per heavy atom. The van der Waals surface area contributed by atoms with Gasteiger partial charge in [0, 0.05) is 40.3 Å². The quantitative estimate of drug-likeness (QED) is 0.874. The summed E-state index contributed by atoms with van der Waals surface area (Å²) in [4.78, 5) is 15.9. The van der Waals surface area contributed by atoms with E-state index in [2.05, 4.69) is 10.6 Å². The Labute approximate surface area is 150 Å². The first kappa shape index (κ1) is 16.8. The fourth-order valence-electron chi connectivity index (χ4n) is 2.66. The molecule has 6 heteroatoms. The molecular formula is C18H17Cl2N3O. The molecule has 1 amide bonds. The van der Waals surface area contributed by atoms with Crippen LogP contribution in [0.5, 0.6) is 0 Å². The van der Waals surface area contributed by atoms with Gasteiger partial charge < -0.3 is 10.6 Å². The summed E-state index contributed by atoms with van der Waals surface area (Å²) in [6.45, 7) is 2.52. The van der Waals surface area contributed by atoms with Gasteiger partial charge in [0.05, 0.1) is 18.3 Å². The van der Waals surface area contributed by atoms with Crippen molar-refractivity contribution in [2.45, 2.75) is 13.0 Å². The van der Waals surface area contributed by atoms with Crippen molar-refractivity contribution in [2.24, 2.45) is 4.99 Å². The number of nitrogens with one attached hydrogen (secondary N) is 2. The lowest BCUT2D eigenvalue weighted by Gasteiger charge is -2.17. The van der Waals surface area contributed by atoms with Gasteiger partial charge in [0.1, 0.15) is 0 Å². The topological polar surface area (TPSA) is 53.5 Å². The van der Waals surface area contributed by atoms with E-state index in [1.807, 2.05) is 42.5 Å². The summed E-state index contributed by atoms with van der Waals surface area (Å²) in [5.74, 6) is -0.0623. The fourth-order valence-corrected chi connectivity index (χ4v) is 3.05. The zero-order valence-electron chi connectivity index (χ0n) is 13.1. The molecule has 0 aromatic heterocycles. The number of carbonyl (C=O) groups is 1. The lowest BCUT2D eigenvalue weighted by Crippen LogP contribution is -2.37. The van der Waals surface area contributed by atoms with Crippen molar-refractivity contribution in [3.05, 3.63) is 63.6 Å². The van der Waals surface area contributed by atoms with Gasteiger partial charge in [-0.3, -0.25) is 9.79 Å². The molecule has 1 heterocycles. The van der Waals surface area contributed by atoms with Crippen molar-refractivity contribution in [3.8, 4) is 0 Å². The molecule has 1 unspecified atom stereocenters. The summed E-state index contributed by atoms with van der Waals surface area (Å²) >= 11 is 12.6. The number of hydrogen-bond acceptors (Lipinski definition) is 3. The van der Waals surface area contributed by atoms with Crippen LogP contribution < -0.4 is 10.6 Å². The monoisotopic (exact) mass is 361 g/mol. The Bertz CT molecular complexity index is 805. The highest BCUT2D eigenvalue weighted by Gasteiger charge is 2.21. The van der Waals surface area contributed by atoms with Gasteiger partial charge in [0.15, 0.2) is 0 Å². The van der Waals surface area contributed by atoms with Crippen LogP contribution in [-0.4, -0.2) is 30.8 Å². The maximum atomic E-state index is 11.2. The largest absolute Gasteiger partial charge is 0.378 e. The predicted molar refractivity (Wildman–Crippen MR) is 99.5 cm³/mol. The average molecular weight is 362 g/mol. The second kappa shape index (κ2) is 7.24. The third-order valence-electron chi connectivity index (χ3n) is 3.79. The number of halogens is 2. The number of benzodiazepines with no additional fused rings is 1. The van der Waals surface area contributed by atoms with Crippen LogP contribution in [0.15, 0.2) is 47.5 Å². The zero-order valence-corrected chi connectivity index (χ0v) is 14.7. The van der Waals surface area contributed by atoms with E-state index in [4.69, 9.17) is 28.2 Å². The summed E-state index contributed by atoms with van der Waals surface area (Å²) in [6, 6.07) is 13.2. The highest BCUT2D eigenvalue weighted by atomic mass is 35.5. The van der Waals surface area contributed by atoms with Crippen LogP contribution in [-0.2, 0) is 4.79 Å². The van der Waals surface area contributed by atoms with Gasteiger partial charge in [-0.1, -0.05) is 41.4 Å². The molecule has 4 nitrogen and oxygen atoms in total. The van der Waals surface area contributed by atoms with E-state index in [1.165, 1.54) is 6.92 Å². The highest BCUT2D eigenvalue weighted by molar-refractivity contribution is 6.36. The second-order valence-corrected chi connectivity index (χ2v) is 6.48. The normalized spacial score (nSPS) is 16.5. The molecule has 0 saturated heterocycles. The molecule has 2 aromatic rings. The number of amides is 1. The summed E-state index contributed by atoms with van der Waals surface area (Å²) in [5, 5.41) is 7.53. The van der Waals surface area contributed by atoms with Crippen LogP contribution in [0.3, 0.4) is 0 Å². The summed E-state index contributed by atoms with van der Waals surface area (Å²) in [7, 11) is 0. The fraction of sp³-hybridized carbons (Fsp3) is 0.222. The molecule has 3 rings (SSSR count). The van der Waals surface area contributed by atoms with Gasteiger partial charge in [-0.2, -0.15) is 0 Å². The van der Waals surface area contributed by atoms with Crippen molar-refractivity contribution in [3.63, 3.8) is 0 Å². The van der Waals surface area contributed by atoms with Gasteiger partial charge in [-0.25, -0.2) is 0 Å². The Morgan fingerprint density at radius 3 is 2.79 bits per heavy atom. The van der Waals surface area contributed by atoms with Gasteiger partial charge >= 0.3 is 0 Å². The van der Waals surface area contributed by atoms with Crippen molar-refractivity contribution in [1.82, 2.24) is 5.32 Å². The van der Waals surface area contributed by atoms with E-state index in [0.717, 1.165) is 22.5 Å². The van der Waals surface area contributed by atoms with Crippen LogP contribution in [0, 0.1) is 0 Å². The average Bonchev–Trinajstić information content (AvgIpc) is 2.72. The molecule has 124 valence electrons. The molecule has 24 heavy (non-hydrogen) atoms. The summed E-state index contributed by atoms with van der Waals surface area (Å²) < 4.78 is 0. The predicted octanol–water partition coefficient (Wildman–Crippen LogP) is 3.76. The smallest absolute Gasteiger partial charge is 0.216 e. The Morgan fingerprint density at radius 1 is 1.25 bits per heavy atom. The first-order chi connectivity index (χ1) is 11.5. The lowest BCUT2D eigenvalue weighted by atomic mass is 10.0. The van der Waals surface area contributed by atoms with E-state index in [1.54, 1.807) is 0 Å². The molecule has 0 aliphatic carbocycles. The first-order valence-corrected chi connectivity index (χ1v) is 8.40. The SMILES string of the molecule is CC(=O)NCC1CN=C(c2ccccc2Cl)c2cc(Cl)ccc2N1. The number of aliphatic imine (C=N–C) groups is 1. The van der Waals surface area contributed by atoms with E-state index in [9.17, 15) is 4.79 Å². The van der Waals surface area contributed by atoms with E-state index in [-0.39, 0.29) is 11.9 Å². The van der Waals surface area contributed by atoms with Crippen LogP contribution in [0.1, 0.15) is 18.1 Å². The molecule has 1 aliphatic heterocycles. The molecule has 0 spiro atoms. The Balaban J connectivity index is 2.03. The highest BCUT2D eigenvalue weighted by Crippen LogP contribution is 2.29. The van der Waals surface area contributed by atoms with Gasteiger partial charge in [-0.15, -0.1) is 0 Å². The van der Waals surface area contributed by atoms with E-state index >= 15 is 0 Å². The minimum absolute atomic E-state index is 0.00573. The van der Waals surface area contributed by atoms with Crippen molar-refractivity contribution < 1.29 is 4.79 Å².